The van der Waals surface area contributed by atoms with Crippen LogP contribution in [0.5, 0.6) is 0 Å². The Morgan fingerprint density at radius 2 is 2.14 bits per heavy atom. The monoisotopic (exact) mass is 403 g/mol. The number of aryl methyl sites for hydroxylation is 1. The molecule has 1 unspecified atom stereocenters. The van der Waals surface area contributed by atoms with Crippen molar-refractivity contribution in [1.29, 1.82) is 0 Å². The number of rotatable bonds is 7. The van der Waals surface area contributed by atoms with Crippen LogP contribution in [0, 0.1) is 12.8 Å². The topological polar surface area (TPSA) is 68.5 Å². The van der Waals surface area contributed by atoms with Crippen LogP contribution in [-0.2, 0) is 11.2 Å². The largest absolute Gasteiger partial charge is 0.381 e. The highest BCUT2D eigenvalue weighted by Gasteiger charge is 2.29. The van der Waals surface area contributed by atoms with Gasteiger partial charge in [0.05, 0.1) is 17.4 Å². The van der Waals surface area contributed by atoms with Crippen molar-refractivity contribution in [2.45, 2.75) is 57.8 Å². The van der Waals surface area contributed by atoms with Gasteiger partial charge in [-0.25, -0.2) is 0 Å². The molecule has 2 aromatic heterocycles. The average Bonchev–Trinajstić information content (AvgIpc) is 3.47. The Labute approximate surface area is 170 Å². The lowest BCUT2D eigenvalue weighted by Crippen LogP contribution is -2.38. The molecule has 1 atom stereocenters. The summed E-state index contributed by atoms with van der Waals surface area (Å²) in [5.74, 6) is 2.34. The second-order valence-electron chi connectivity index (χ2n) is 8.02. The summed E-state index contributed by atoms with van der Waals surface area (Å²) in [6.07, 6.45) is 7.91. The van der Waals surface area contributed by atoms with Crippen molar-refractivity contribution < 1.29 is 14.1 Å². The second kappa shape index (κ2) is 9.18. The normalized spacial score (nSPS) is 20.8. The molecular formula is C21H29N3O3S. The fourth-order valence-corrected chi connectivity index (χ4v) is 5.03. The van der Waals surface area contributed by atoms with Gasteiger partial charge in [0.2, 0.25) is 5.89 Å². The predicted octanol–water partition coefficient (Wildman–Crippen LogP) is 4.21. The minimum absolute atomic E-state index is 0.114. The molecule has 0 bridgehead atoms. The zero-order valence-electron chi connectivity index (χ0n) is 16.6. The molecule has 1 saturated carbocycles. The summed E-state index contributed by atoms with van der Waals surface area (Å²) in [7, 11) is 0. The third-order valence-corrected chi connectivity index (χ3v) is 6.78. The van der Waals surface area contributed by atoms with E-state index in [9.17, 15) is 4.79 Å². The van der Waals surface area contributed by atoms with E-state index in [0.717, 1.165) is 41.7 Å². The Balaban J connectivity index is 1.27. The SMILES string of the molecule is Cc1ccc(C(=O)N2CCCC(c3nc(CCOCC4CCCC4)no3)C2)s1. The van der Waals surface area contributed by atoms with Crippen LogP contribution in [0.1, 0.15) is 70.7 Å². The molecule has 0 radical (unpaired) electrons. The maximum Gasteiger partial charge on any atom is 0.263 e. The number of aromatic nitrogens is 2. The standard InChI is InChI=1S/C21H29N3O3S/c1-15-8-9-18(28-15)21(25)24-11-4-7-17(13-24)20-22-19(23-27-20)10-12-26-14-16-5-2-3-6-16/h8-9,16-17H,2-7,10-14H2,1H3. The molecule has 1 amide bonds. The number of carbonyl (C=O) groups is 1. The van der Waals surface area contributed by atoms with Gasteiger partial charge in [-0.15, -0.1) is 11.3 Å². The molecule has 4 rings (SSSR count). The van der Waals surface area contributed by atoms with Crippen LogP contribution in [0.15, 0.2) is 16.7 Å². The quantitative estimate of drug-likeness (QED) is 0.648. The van der Waals surface area contributed by atoms with E-state index in [4.69, 9.17) is 9.26 Å². The van der Waals surface area contributed by atoms with E-state index in [1.54, 1.807) is 11.3 Å². The smallest absolute Gasteiger partial charge is 0.263 e. The number of nitrogens with zero attached hydrogens (tertiary/aromatic N) is 3. The number of likely N-dealkylation sites (tertiary alicyclic amines) is 1. The van der Waals surface area contributed by atoms with E-state index < -0.39 is 0 Å². The summed E-state index contributed by atoms with van der Waals surface area (Å²) >= 11 is 1.55. The van der Waals surface area contributed by atoms with Gasteiger partial charge in [-0.3, -0.25) is 4.79 Å². The second-order valence-corrected chi connectivity index (χ2v) is 9.31. The molecule has 2 aromatic rings. The van der Waals surface area contributed by atoms with Gasteiger partial charge < -0.3 is 14.2 Å². The van der Waals surface area contributed by atoms with Gasteiger partial charge in [0, 0.05) is 31.0 Å². The van der Waals surface area contributed by atoms with Gasteiger partial charge in [0.1, 0.15) is 0 Å². The molecular weight excluding hydrogens is 374 g/mol. The number of piperidine rings is 1. The maximum absolute atomic E-state index is 12.7. The van der Waals surface area contributed by atoms with E-state index in [-0.39, 0.29) is 11.8 Å². The highest BCUT2D eigenvalue weighted by molar-refractivity contribution is 7.13. The van der Waals surface area contributed by atoms with Crippen LogP contribution in [0.25, 0.3) is 0 Å². The van der Waals surface area contributed by atoms with Gasteiger partial charge in [0.15, 0.2) is 5.82 Å². The van der Waals surface area contributed by atoms with Crippen molar-refractivity contribution >= 4 is 17.2 Å². The molecule has 1 aliphatic carbocycles. The molecule has 2 fully saturated rings. The number of amides is 1. The molecule has 3 heterocycles. The number of thiophene rings is 1. The molecule has 7 heteroatoms. The Morgan fingerprint density at radius 3 is 2.93 bits per heavy atom. The lowest BCUT2D eigenvalue weighted by molar-refractivity contribution is 0.0700. The number of hydrogen-bond acceptors (Lipinski definition) is 6. The van der Waals surface area contributed by atoms with E-state index >= 15 is 0 Å². The molecule has 0 aromatic carbocycles. The van der Waals surface area contributed by atoms with Crippen molar-refractivity contribution in [2.75, 3.05) is 26.3 Å². The summed E-state index contributed by atoms with van der Waals surface area (Å²) in [6, 6.07) is 3.92. The van der Waals surface area contributed by atoms with E-state index in [2.05, 4.69) is 10.1 Å². The minimum Gasteiger partial charge on any atom is -0.381 e. The first-order valence-corrected chi connectivity index (χ1v) is 11.3. The van der Waals surface area contributed by atoms with Crippen LogP contribution in [0.4, 0.5) is 0 Å². The Bertz CT molecular complexity index is 781. The van der Waals surface area contributed by atoms with Gasteiger partial charge in [-0.1, -0.05) is 18.0 Å². The summed E-state index contributed by atoms with van der Waals surface area (Å²) in [4.78, 5) is 21.2. The minimum atomic E-state index is 0.114. The molecule has 28 heavy (non-hydrogen) atoms. The van der Waals surface area contributed by atoms with Crippen LogP contribution in [0.2, 0.25) is 0 Å². The molecule has 0 N–H and O–H groups in total. The molecule has 6 nitrogen and oxygen atoms in total. The van der Waals surface area contributed by atoms with Crippen LogP contribution >= 0.6 is 11.3 Å². The highest BCUT2D eigenvalue weighted by atomic mass is 32.1. The van der Waals surface area contributed by atoms with Crippen LogP contribution < -0.4 is 0 Å². The van der Waals surface area contributed by atoms with E-state index in [1.165, 1.54) is 25.7 Å². The summed E-state index contributed by atoms with van der Waals surface area (Å²) < 4.78 is 11.3. The third-order valence-electron chi connectivity index (χ3n) is 5.79. The molecule has 0 spiro atoms. The van der Waals surface area contributed by atoms with Crippen LogP contribution in [0.3, 0.4) is 0 Å². The number of carbonyl (C=O) groups excluding carboxylic acids is 1. The first kappa shape index (κ1) is 19.6. The first-order valence-electron chi connectivity index (χ1n) is 10.4. The van der Waals surface area contributed by atoms with Crippen molar-refractivity contribution in [2.24, 2.45) is 5.92 Å². The molecule has 1 saturated heterocycles. The van der Waals surface area contributed by atoms with Crippen molar-refractivity contribution in [3.63, 3.8) is 0 Å². The molecule has 1 aliphatic heterocycles. The lowest BCUT2D eigenvalue weighted by atomic mass is 9.98. The summed E-state index contributed by atoms with van der Waals surface area (Å²) in [5.41, 5.74) is 0. The average molecular weight is 404 g/mol. The van der Waals surface area contributed by atoms with Crippen LogP contribution in [-0.4, -0.2) is 47.3 Å². The number of ether oxygens (including phenoxy) is 1. The lowest BCUT2D eigenvalue weighted by Gasteiger charge is -2.30. The van der Waals surface area contributed by atoms with Crippen molar-refractivity contribution in [3.05, 3.63) is 33.6 Å². The Morgan fingerprint density at radius 1 is 1.29 bits per heavy atom. The summed E-state index contributed by atoms with van der Waals surface area (Å²) in [5, 5.41) is 4.12. The highest BCUT2D eigenvalue weighted by Crippen LogP contribution is 2.28. The maximum atomic E-state index is 12.7. The number of hydrogen-bond donors (Lipinski definition) is 0. The zero-order chi connectivity index (χ0) is 19.3. The van der Waals surface area contributed by atoms with Gasteiger partial charge in [-0.2, -0.15) is 4.98 Å². The predicted molar refractivity (Wildman–Crippen MR) is 108 cm³/mol. The summed E-state index contributed by atoms with van der Waals surface area (Å²) in [6.45, 7) is 4.96. The first-order chi connectivity index (χ1) is 13.7. The van der Waals surface area contributed by atoms with Gasteiger partial charge >= 0.3 is 0 Å². The fourth-order valence-electron chi connectivity index (χ4n) is 4.19. The van der Waals surface area contributed by atoms with Gasteiger partial charge in [-0.05, 0) is 50.7 Å². The molecule has 2 aliphatic rings. The third kappa shape index (κ3) is 4.81. The van der Waals surface area contributed by atoms with Crippen molar-refractivity contribution in [1.82, 2.24) is 15.0 Å². The molecule has 152 valence electrons. The van der Waals surface area contributed by atoms with Crippen molar-refractivity contribution in [3.8, 4) is 0 Å². The van der Waals surface area contributed by atoms with Gasteiger partial charge in [0.25, 0.3) is 5.91 Å². The van der Waals surface area contributed by atoms with E-state index in [0.29, 0.717) is 31.3 Å². The zero-order valence-corrected chi connectivity index (χ0v) is 17.4. The Hall–Kier alpha value is -1.73. The fraction of sp³-hybridized carbons (Fsp3) is 0.667. The Kier molecular flexibility index (Phi) is 6.42. The van der Waals surface area contributed by atoms with E-state index in [1.807, 2.05) is 24.0 Å².